The molecule has 0 radical (unpaired) electrons. The van der Waals surface area contributed by atoms with Gasteiger partial charge in [0, 0.05) is 29.1 Å². The van der Waals surface area contributed by atoms with Crippen LogP contribution in [0.4, 0.5) is 30.6 Å². The first-order valence-electron chi connectivity index (χ1n) is 10.1. The number of hydrogen-bond acceptors (Lipinski definition) is 6. The Labute approximate surface area is 191 Å². The lowest BCUT2D eigenvalue weighted by atomic mass is 9.95. The molecule has 2 aromatic heterocycles. The van der Waals surface area contributed by atoms with Crippen LogP contribution in [0, 0.1) is 6.92 Å². The van der Waals surface area contributed by atoms with E-state index in [0.717, 1.165) is 17.2 Å². The van der Waals surface area contributed by atoms with Crippen molar-refractivity contribution in [3.63, 3.8) is 0 Å². The third-order valence-electron chi connectivity index (χ3n) is 5.43. The molecule has 0 aliphatic rings. The number of hydrogen-bond donors (Lipinski definition) is 2. The van der Waals surface area contributed by atoms with Crippen LogP contribution in [0.5, 0.6) is 0 Å². The smallest absolute Gasteiger partial charge is 0.357 e. The van der Waals surface area contributed by atoms with Gasteiger partial charge >= 0.3 is 6.18 Å². The second-order valence-electron chi connectivity index (χ2n) is 7.48. The molecule has 2 N–H and O–H groups in total. The fourth-order valence-corrected chi connectivity index (χ4v) is 4.80. The molecule has 0 spiro atoms. The molecule has 9 heteroatoms. The summed E-state index contributed by atoms with van der Waals surface area (Å²) in [5.74, 6) is 0.709. The number of rotatable bonds is 4. The van der Waals surface area contributed by atoms with Crippen LogP contribution in [0.25, 0.3) is 32.2 Å². The molecular formula is C24H18F3N5S. The lowest BCUT2D eigenvalue weighted by Crippen LogP contribution is -2.09. The Hall–Kier alpha value is -3.72. The van der Waals surface area contributed by atoms with Crippen molar-refractivity contribution >= 4 is 50.0 Å². The molecule has 0 amide bonds. The topological polar surface area (TPSA) is 62.7 Å². The van der Waals surface area contributed by atoms with Crippen molar-refractivity contribution in [3.05, 3.63) is 71.8 Å². The third-order valence-corrected chi connectivity index (χ3v) is 6.31. The molecule has 166 valence electrons. The van der Waals surface area contributed by atoms with E-state index in [4.69, 9.17) is 0 Å². The van der Waals surface area contributed by atoms with E-state index in [0.29, 0.717) is 44.0 Å². The van der Waals surface area contributed by atoms with Crippen LogP contribution >= 0.6 is 11.5 Å². The molecule has 0 saturated heterocycles. The molecule has 0 fully saturated rings. The molecule has 5 aromatic rings. The molecule has 0 aliphatic carbocycles. The van der Waals surface area contributed by atoms with Gasteiger partial charge in [-0.1, -0.05) is 36.4 Å². The second-order valence-corrected chi connectivity index (χ2v) is 8.26. The summed E-state index contributed by atoms with van der Waals surface area (Å²) in [5, 5.41) is 7.13. The zero-order valence-electron chi connectivity index (χ0n) is 17.7. The van der Waals surface area contributed by atoms with Gasteiger partial charge in [0.15, 0.2) is 5.82 Å². The van der Waals surface area contributed by atoms with E-state index < -0.39 is 11.7 Å². The average Bonchev–Trinajstić information content (AvgIpc) is 3.20. The summed E-state index contributed by atoms with van der Waals surface area (Å²) in [6, 6.07) is 17.7. The predicted octanol–water partition coefficient (Wildman–Crippen LogP) is 7.02. The first-order valence-corrected chi connectivity index (χ1v) is 10.9. The molecule has 5 rings (SSSR count). The van der Waals surface area contributed by atoms with Crippen LogP contribution in [0.3, 0.4) is 0 Å². The monoisotopic (exact) mass is 465 g/mol. The maximum atomic E-state index is 14.1. The minimum absolute atomic E-state index is 0.107. The van der Waals surface area contributed by atoms with Crippen molar-refractivity contribution in [3.8, 4) is 11.3 Å². The SMILES string of the molecule is CNc1nc(-c2c(C)c(C(F)(F)F)cc3c(Nc4ccccc4)nsc23)c2ccccc2n1. The van der Waals surface area contributed by atoms with Gasteiger partial charge < -0.3 is 10.6 Å². The normalized spacial score (nSPS) is 11.8. The highest BCUT2D eigenvalue weighted by Crippen LogP contribution is 2.45. The number of anilines is 3. The first-order chi connectivity index (χ1) is 15.9. The Kier molecular flexibility index (Phi) is 5.13. The summed E-state index contributed by atoms with van der Waals surface area (Å²) >= 11 is 1.15. The molecule has 2 heterocycles. The van der Waals surface area contributed by atoms with Gasteiger partial charge in [-0.2, -0.15) is 17.5 Å². The van der Waals surface area contributed by atoms with Crippen molar-refractivity contribution in [1.29, 1.82) is 0 Å². The van der Waals surface area contributed by atoms with Crippen molar-refractivity contribution in [2.24, 2.45) is 0 Å². The van der Waals surface area contributed by atoms with Crippen LogP contribution in [0.2, 0.25) is 0 Å². The van der Waals surface area contributed by atoms with Gasteiger partial charge in [-0.15, -0.1) is 0 Å². The zero-order chi connectivity index (χ0) is 23.2. The van der Waals surface area contributed by atoms with Gasteiger partial charge in [0.25, 0.3) is 0 Å². The lowest BCUT2D eigenvalue weighted by molar-refractivity contribution is -0.137. The number of para-hydroxylation sites is 2. The van der Waals surface area contributed by atoms with Crippen LogP contribution in [-0.2, 0) is 6.18 Å². The molecule has 0 unspecified atom stereocenters. The van der Waals surface area contributed by atoms with Gasteiger partial charge in [-0.3, -0.25) is 0 Å². The van der Waals surface area contributed by atoms with Crippen molar-refractivity contribution in [2.75, 3.05) is 17.7 Å². The van der Waals surface area contributed by atoms with Crippen LogP contribution < -0.4 is 10.6 Å². The second kappa shape index (κ2) is 8.00. The number of fused-ring (bicyclic) bond motifs is 2. The Morgan fingerprint density at radius 2 is 1.64 bits per heavy atom. The minimum atomic E-state index is -4.53. The predicted molar refractivity (Wildman–Crippen MR) is 127 cm³/mol. The Balaban J connectivity index is 1.84. The molecule has 0 atom stereocenters. The third kappa shape index (κ3) is 3.74. The summed E-state index contributed by atoms with van der Waals surface area (Å²) in [4.78, 5) is 9.04. The summed E-state index contributed by atoms with van der Waals surface area (Å²) in [6.45, 7) is 1.48. The molecule has 3 aromatic carbocycles. The number of nitrogens with one attached hydrogen (secondary N) is 2. The quantitative estimate of drug-likeness (QED) is 0.299. The number of halogens is 3. The maximum absolute atomic E-state index is 14.1. The summed E-state index contributed by atoms with van der Waals surface area (Å²) in [7, 11) is 1.68. The van der Waals surface area contributed by atoms with Gasteiger partial charge in [0.2, 0.25) is 5.95 Å². The average molecular weight is 466 g/mol. The highest BCUT2D eigenvalue weighted by atomic mass is 32.1. The van der Waals surface area contributed by atoms with Crippen LogP contribution in [0.1, 0.15) is 11.1 Å². The molecule has 0 saturated carbocycles. The van der Waals surface area contributed by atoms with Gasteiger partial charge in [-0.25, -0.2) is 9.97 Å². The summed E-state index contributed by atoms with van der Waals surface area (Å²) < 4.78 is 47.4. The van der Waals surface area contributed by atoms with E-state index in [1.54, 1.807) is 7.05 Å². The molecule has 33 heavy (non-hydrogen) atoms. The molecular weight excluding hydrogens is 447 g/mol. The minimum Gasteiger partial charge on any atom is -0.357 e. The van der Waals surface area contributed by atoms with Crippen molar-refractivity contribution < 1.29 is 13.2 Å². The zero-order valence-corrected chi connectivity index (χ0v) is 18.5. The van der Waals surface area contributed by atoms with Crippen molar-refractivity contribution in [1.82, 2.24) is 14.3 Å². The van der Waals surface area contributed by atoms with Gasteiger partial charge in [0.1, 0.15) is 0 Å². The summed E-state index contributed by atoms with van der Waals surface area (Å²) in [5.41, 5.74) is 1.63. The molecule has 5 nitrogen and oxygen atoms in total. The number of aromatic nitrogens is 3. The molecule has 0 bridgehead atoms. The van der Waals surface area contributed by atoms with E-state index in [-0.39, 0.29) is 5.56 Å². The standard InChI is InChI=1S/C24H18F3N5S/c1-13-17(24(25,26)27)12-16-21(33-32-22(16)29-14-8-4-3-5-9-14)19(13)20-15-10-6-7-11-18(15)30-23(28-2)31-20/h3-12H,1-2H3,(H,29,32)(H,28,30,31). The Bertz CT molecular complexity index is 1480. The van der Waals surface area contributed by atoms with E-state index in [1.165, 1.54) is 13.0 Å². The van der Waals surface area contributed by atoms with E-state index in [9.17, 15) is 13.2 Å². The maximum Gasteiger partial charge on any atom is 0.416 e. The van der Waals surface area contributed by atoms with Gasteiger partial charge in [0.05, 0.1) is 21.5 Å². The van der Waals surface area contributed by atoms with Crippen LogP contribution in [0.15, 0.2) is 60.7 Å². The van der Waals surface area contributed by atoms with Crippen molar-refractivity contribution in [2.45, 2.75) is 13.1 Å². The highest BCUT2D eigenvalue weighted by molar-refractivity contribution is 7.14. The lowest BCUT2D eigenvalue weighted by Gasteiger charge is -2.17. The Morgan fingerprint density at radius 3 is 2.36 bits per heavy atom. The van der Waals surface area contributed by atoms with E-state index in [2.05, 4.69) is 25.0 Å². The fourth-order valence-electron chi connectivity index (χ4n) is 3.88. The summed E-state index contributed by atoms with van der Waals surface area (Å²) in [6.07, 6.45) is -4.53. The fraction of sp³-hybridized carbons (Fsp3) is 0.125. The Morgan fingerprint density at radius 1 is 0.909 bits per heavy atom. The largest absolute Gasteiger partial charge is 0.416 e. The first kappa shape index (κ1) is 21.1. The highest BCUT2D eigenvalue weighted by Gasteiger charge is 2.35. The molecule has 0 aliphatic heterocycles. The number of alkyl halides is 3. The van der Waals surface area contributed by atoms with E-state index in [1.807, 2.05) is 54.6 Å². The number of nitrogens with zero attached hydrogens (tertiary/aromatic N) is 3. The number of benzene rings is 3. The van der Waals surface area contributed by atoms with Crippen LogP contribution in [-0.4, -0.2) is 21.4 Å². The van der Waals surface area contributed by atoms with E-state index >= 15 is 0 Å². The van der Waals surface area contributed by atoms with Gasteiger partial charge in [-0.05, 0) is 48.3 Å².